The lowest BCUT2D eigenvalue weighted by atomic mass is 10.3. The average Bonchev–Trinajstić information content (AvgIpc) is 2.04. The third kappa shape index (κ3) is 1.68. The molecule has 0 radical (unpaired) electrons. The number of quaternary nitrogens is 1. The molecule has 0 amide bonds. The van der Waals surface area contributed by atoms with E-state index in [2.05, 4.69) is 5.43 Å². The zero-order chi connectivity index (χ0) is 8.27. The van der Waals surface area contributed by atoms with Crippen LogP contribution in [-0.2, 0) is 0 Å². The van der Waals surface area contributed by atoms with E-state index in [9.17, 15) is 5.21 Å². The highest BCUT2D eigenvalue weighted by atomic mass is 16.5. The molecule has 1 unspecified atom stereocenters. The maximum atomic E-state index is 11.0. The van der Waals surface area contributed by atoms with Crippen molar-refractivity contribution in [1.82, 2.24) is 5.43 Å². The standard InChI is InChI=1S/C7H11N3O/c1-9-10(11)7-5-3-2-4-6(7)8/h2-5,9-10H,8H2,1H3. The molecule has 0 aliphatic carbocycles. The predicted octanol–water partition coefficient (Wildman–Crippen LogP) is -0.583. The van der Waals surface area contributed by atoms with Crippen molar-refractivity contribution in [3.8, 4) is 0 Å². The van der Waals surface area contributed by atoms with Gasteiger partial charge in [0.05, 0.1) is 5.69 Å². The molecular weight excluding hydrogens is 142 g/mol. The SMILES string of the molecule is CN[NH+]([O-])c1ccccc1N. The van der Waals surface area contributed by atoms with Crippen molar-refractivity contribution in [1.29, 1.82) is 0 Å². The van der Waals surface area contributed by atoms with Crippen molar-refractivity contribution in [3.05, 3.63) is 29.5 Å². The molecule has 0 bridgehead atoms. The molecule has 4 heteroatoms. The molecule has 4 nitrogen and oxygen atoms in total. The summed E-state index contributed by atoms with van der Waals surface area (Å²) in [6.07, 6.45) is 0. The molecule has 0 heterocycles. The van der Waals surface area contributed by atoms with E-state index in [0.29, 0.717) is 11.4 Å². The van der Waals surface area contributed by atoms with E-state index >= 15 is 0 Å². The maximum absolute atomic E-state index is 11.0. The van der Waals surface area contributed by atoms with E-state index in [1.165, 1.54) is 0 Å². The Morgan fingerprint density at radius 3 is 2.64 bits per heavy atom. The molecule has 60 valence electrons. The second kappa shape index (κ2) is 3.34. The van der Waals surface area contributed by atoms with Gasteiger partial charge in [-0.2, -0.15) is 5.43 Å². The van der Waals surface area contributed by atoms with E-state index in [1.54, 1.807) is 31.3 Å². The van der Waals surface area contributed by atoms with E-state index in [4.69, 9.17) is 5.73 Å². The van der Waals surface area contributed by atoms with Crippen LogP contribution in [-0.4, -0.2) is 7.05 Å². The zero-order valence-electron chi connectivity index (χ0n) is 6.29. The molecule has 0 fully saturated rings. The number of nitrogens with one attached hydrogen (secondary N) is 2. The van der Waals surface area contributed by atoms with E-state index in [1.807, 2.05) is 0 Å². The number of rotatable bonds is 2. The Labute approximate surface area is 65.2 Å². The molecule has 0 aliphatic rings. The normalized spacial score (nSPS) is 12.9. The largest absolute Gasteiger partial charge is 0.608 e. The molecule has 1 aromatic rings. The zero-order valence-corrected chi connectivity index (χ0v) is 6.29. The molecule has 1 rings (SSSR count). The Bertz CT molecular complexity index is 239. The first-order chi connectivity index (χ1) is 5.25. The van der Waals surface area contributed by atoms with Gasteiger partial charge in [0.25, 0.3) is 0 Å². The molecule has 1 atom stereocenters. The summed E-state index contributed by atoms with van der Waals surface area (Å²) in [5, 5.41) is 10.9. The van der Waals surface area contributed by atoms with Gasteiger partial charge >= 0.3 is 0 Å². The van der Waals surface area contributed by atoms with Crippen LogP contribution >= 0.6 is 0 Å². The van der Waals surface area contributed by atoms with Crippen LogP contribution in [0.15, 0.2) is 24.3 Å². The summed E-state index contributed by atoms with van der Waals surface area (Å²) in [6.45, 7) is 0. The van der Waals surface area contributed by atoms with Gasteiger partial charge in [-0.05, 0) is 6.07 Å². The Hall–Kier alpha value is -1.10. The maximum Gasteiger partial charge on any atom is 0.173 e. The molecule has 11 heavy (non-hydrogen) atoms. The van der Waals surface area contributed by atoms with Crippen molar-refractivity contribution >= 4 is 11.4 Å². The van der Waals surface area contributed by atoms with Crippen LogP contribution in [0.1, 0.15) is 0 Å². The van der Waals surface area contributed by atoms with Crippen molar-refractivity contribution in [2.24, 2.45) is 0 Å². The first-order valence-electron chi connectivity index (χ1n) is 3.32. The second-order valence-corrected chi connectivity index (χ2v) is 2.17. The first-order valence-corrected chi connectivity index (χ1v) is 3.32. The molecule has 4 N–H and O–H groups in total. The molecule has 1 aromatic carbocycles. The minimum atomic E-state index is -0.150. The average molecular weight is 153 g/mol. The van der Waals surface area contributed by atoms with Crippen molar-refractivity contribution < 1.29 is 5.17 Å². The summed E-state index contributed by atoms with van der Waals surface area (Å²) >= 11 is 0. The van der Waals surface area contributed by atoms with Crippen LogP contribution in [0.5, 0.6) is 0 Å². The van der Waals surface area contributed by atoms with E-state index < -0.39 is 0 Å². The highest BCUT2D eigenvalue weighted by Gasteiger charge is 2.02. The van der Waals surface area contributed by atoms with Crippen molar-refractivity contribution in [2.45, 2.75) is 0 Å². The topological polar surface area (TPSA) is 65.5 Å². The Morgan fingerprint density at radius 1 is 1.45 bits per heavy atom. The minimum absolute atomic E-state index is 0.150. The predicted molar refractivity (Wildman–Crippen MR) is 43.9 cm³/mol. The lowest BCUT2D eigenvalue weighted by molar-refractivity contribution is -0.824. The Balaban J connectivity index is 2.93. The van der Waals surface area contributed by atoms with E-state index in [0.717, 1.165) is 0 Å². The first kappa shape index (κ1) is 8.00. The third-order valence-electron chi connectivity index (χ3n) is 1.43. The molecule has 0 spiro atoms. The monoisotopic (exact) mass is 153 g/mol. The summed E-state index contributed by atoms with van der Waals surface area (Å²) in [6, 6.07) is 6.96. The smallest absolute Gasteiger partial charge is 0.173 e. The summed E-state index contributed by atoms with van der Waals surface area (Å²) in [4.78, 5) is 0. The highest BCUT2D eigenvalue weighted by molar-refractivity contribution is 5.56. The summed E-state index contributed by atoms with van der Waals surface area (Å²) in [7, 11) is 1.58. The van der Waals surface area contributed by atoms with Crippen LogP contribution in [0.3, 0.4) is 0 Å². The van der Waals surface area contributed by atoms with Crippen LogP contribution in [0, 0.1) is 5.21 Å². The molecule has 0 saturated heterocycles. The summed E-state index contributed by atoms with van der Waals surface area (Å²) in [5.74, 6) is 0. The quantitative estimate of drug-likeness (QED) is 0.393. The number of anilines is 1. The number of para-hydroxylation sites is 2. The van der Waals surface area contributed by atoms with Gasteiger partial charge in [0.2, 0.25) is 0 Å². The summed E-state index contributed by atoms with van der Waals surface area (Å²) < 4.78 is 0. The fourth-order valence-corrected chi connectivity index (χ4v) is 0.838. The number of nitrogens with two attached hydrogens (primary N) is 1. The molecule has 0 aliphatic heterocycles. The van der Waals surface area contributed by atoms with Gasteiger partial charge in [-0.1, -0.05) is 12.1 Å². The van der Waals surface area contributed by atoms with Gasteiger partial charge in [0, 0.05) is 13.1 Å². The van der Waals surface area contributed by atoms with Crippen LogP contribution in [0.2, 0.25) is 0 Å². The second-order valence-electron chi connectivity index (χ2n) is 2.17. The van der Waals surface area contributed by atoms with Crippen LogP contribution < -0.4 is 16.3 Å². The third-order valence-corrected chi connectivity index (χ3v) is 1.43. The van der Waals surface area contributed by atoms with Gasteiger partial charge in [-0.15, -0.1) is 0 Å². The van der Waals surface area contributed by atoms with Crippen LogP contribution in [0.25, 0.3) is 0 Å². The molecule has 0 saturated carbocycles. The fourth-order valence-electron chi connectivity index (χ4n) is 0.838. The molecule has 0 aromatic heterocycles. The number of hydrogen-bond donors (Lipinski definition) is 3. The fraction of sp³-hybridized carbons (Fsp3) is 0.143. The Kier molecular flexibility index (Phi) is 2.43. The van der Waals surface area contributed by atoms with Crippen molar-refractivity contribution in [2.75, 3.05) is 12.8 Å². The van der Waals surface area contributed by atoms with Crippen LogP contribution in [0.4, 0.5) is 11.4 Å². The lowest BCUT2D eigenvalue weighted by Crippen LogP contribution is -3.09. The lowest BCUT2D eigenvalue weighted by Gasteiger charge is -2.20. The highest BCUT2D eigenvalue weighted by Crippen LogP contribution is 2.10. The van der Waals surface area contributed by atoms with Gasteiger partial charge in [0.1, 0.15) is 0 Å². The summed E-state index contributed by atoms with van der Waals surface area (Å²) in [5.41, 5.74) is 9.07. The van der Waals surface area contributed by atoms with Gasteiger partial charge in [-0.25, -0.2) is 0 Å². The molecular formula is C7H11N3O. The van der Waals surface area contributed by atoms with Gasteiger partial charge in [0.15, 0.2) is 5.69 Å². The Morgan fingerprint density at radius 2 is 2.09 bits per heavy atom. The van der Waals surface area contributed by atoms with Gasteiger partial charge < -0.3 is 10.9 Å². The number of hydrogen-bond acceptors (Lipinski definition) is 3. The number of benzene rings is 1. The minimum Gasteiger partial charge on any atom is -0.608 e. The van der Waals surface area contributed by atoms with E-state index in [-0.39, 0.29) is 5.17 Å². The number of nitrogen functional groups attached to an aromatic ring is 1. The van der Waals surface area contributed by atoms with Crippen molar-refractivity contribution in [3.63, 3.8) is 0 Å². The van der Waals surface area contributed by atoms with Gasteiger partial charge in [-0.3, -0.25) is 5.17 Å².